The number of pyridine rings is 1. The van der Waals surface area contributed by atoms with Gasteiger partial charge in [-0.25, -0.2) is 12.8 Å². The van der Waals surface area contributed by atoms with Crippen molar-refractivity contribution in [3.8, 4) is 28.1 Å². The third kappa shape index (κ3) is 5.34. The second-order valence-corrected chi connectivity index (χ2v) is 10.1. The number of hydrogen-bond acceptors (Lipinski definition) is 5. The minimum absolute atomic E-state index is 0.0327. The number of amides is 1. The van der Waals surface area contributed by atoms with Gasteiger partial charge in [-0.2, -0.15) is 0 Å². The van der Waals surface area contributed by atoms with E-state index in [1.165, 1.54) is 43.5 Å². The van der Waals surface area contributed by atoms with E-state index in [0.29, 0.717) is 27.7 Å². The van der Waals surface area contributed by atoms with Crippen LogP contribution in [0.25, 0.3) is 22.4 Å². The van der Waals surface area contributed by atoms with Gasteiger partial charge in [-0.3, -0.25) is 9.78 Å². The number of rotatable bonds is 6. The molecule has 0 radical (unpaired) electrons. The van der Waals surface area contributed by atoms with Crippen LogP contribution in [-0.4, -0.2) is 32.7 Å². The van der Waals surface area contributed by atoms with Crippen molar-refractivity contribution in [1.29, 1.82) is 0 Å². The Morgan fingerprint density at radius 1 is 0.971 bits per heavy atom. The second kappa shape index (κ2) is 9.85. The van der Waals surface area contributed by atoms with E-state index in [-0.39, 0.29) is 21.6 Å². The molecule has 0 atom stereocenters. The molecule has 0 aliphatic rings. The molecule has 6 nitrogen and oxygen atoms in total. The number of halogens is 2. The molecule has 1 heterocycles. The number of ether oxygens (including phenoxy) is 1. The van der Waals surface area contributed by atoms with Crippen LogP contribution in [0.15, 0.2) is 83.9 Å². The summed E-state index contributed by atoms with van der Waals surface area (Å²) in [5.41, 5.74) is 1.91. The molecule has 35 heavy (non-hydrogen) atoms. The third-order valence-corrected chi connectivity index (χ3v) is 6.73. The first-order valence-corrected chi connectivity index (χ1v) is 12.6. The van der Waals surface area contributed by atoms with Crippen molar-refractivity contribution in [2.45, 2.75) is 4.90 Å². The summed E-state index contributed by atoms with van der Waals surface area (Å²) in [6.07, 6.45) is 2.68. The smallest absolute Gasteiger partial charge is 0.256 e. The first-order valence-electron chi connectivity index (χ1n) is 10.4. The Morgan fingerprint density at radius 3 is 2.46 bits per heavy atom. The van der Waals surface area contributed by atoms with E-state index in [4.69, 9.17) is 16.3 Å². The zero-order valence-electron chi connectivity index (χ0n) is 18.7. The van der Waals surface area contributed by atoms with E-state index < -0.39 is 21.6 Å². The molecule has 0 unspecified atom stereocenters. The summed E-state index contributed by atoms with van der Waals surface area (Å²) in [5.74, 6) is -0.832. The number of carbonyl (C=O) groups is 1. The molecule has 178 valence electrons. The van der Waals surface area contributed by atoms with Crippen molar-refractivity contribution >= 4 is 33.0 Å². The van der Waals surface area contributed by atoms with Gasteiger partial charge in [0.25, 0.3) is 5.91 Å². The summed E-state index contributed by atoms with van der Waals surface area (Å²) in [6.45, 7) is 0. The lowest BCUT2D eigenvalue weighted by Gasteiger charge is -2.14. The molecule has 1 aromatic heterocycles. The van der Waals surface area contributed by atoms with Gasteiger partial charge >= 0.3 is 0 Å². The average molecular weight is 511 g/mol. The summed E-state index contributed by atoms with van der Waals surface area (Å²) in [5, 5.41) is 3.24. The summed E-state index contributed by atoms with van der Waals surface area (Å²) in [4.78, 5) is 17.6. The van der Waals surface area contributed by atoms with Crippen LogP contribution < -0.4 is 10.1 Å². The number of anilines is 1. The monoisotopic (exact) mass is 510 g/mol. The molecule has 0 spiro atoms. The molecule has 0 saturated carbocycles. The predicted octanol–water partition coefficient (Wildman–Crippen LogP) is 5.87. The van der Waals surface area contributed by atoms with E-state index >= 15 is 0 Å². The fourth-order valence-electron chi connectivity index (χ4n) is 3.53. The molecule has 4 aromatic rings. The van der Waals surface area contributed by atoms with Crippen LogP contribution in [0, 0.1) is 5.82 Å². The van der Waals surface area contributed by atoms with Gasteiger partial charge in [0.1, 0.15) is 11.6 Å². The summed E-state index contributed by atoms with van der Waals surface area (Å²) in [6, 6.07) is 18.3. The summed E-state index contributed by atoms with van der Waals surface area (Å²) in [7, 11) is -2.18. The molecule has 1 N–H and O–H groups in total. The second-order valence-electron chi connectivity index (χ2n) is 7.69. The van der Waals surface area contributed by atoms with Crippen LogP contribution in [0.4, 0.5) is 10.1 Å². The number of hydrogen-bond donors (Lipinski definition) is 1. The first-order chi connectivity index (χ1) is 16.7. The molecule has 0 bridgehead atoms. The Bertz CT molecular complexity index is 1530. The lowest BCUT2D eigenvalue weighted by molar-refractivity contribution is 0.102. The van der Waals surface area contributed by atoms with Crippen molar-refractivity contribution in [3.05, 3.63) is 95.4 Å². The quantitative estimate of drug-likeness (QED) is 0.350. The zero-order valence-corrected chi connectivity index (χ0v) is 20.3. The summed E-state index contributed by atoms with van der Waals surface area (Å²) >= 11 is 6.33. The zero-order chi connectivity index (χ0) is 25.2. The lowest BCUT2D eigenvalue weighted by atomic mass is 9.98. The van der Waals surface area contributed by atoms with Crippen LogP contribution >= 0.6 is 11.6 Å². The van der Waals surface area contributed by atoms with Gasteiger partial charge in [-0.05, 0) is 72.3 Å². The molecule has 0 aliphatic carbocycles. The minimum atomic E-state index is -3.61. The highest BCUT2D eigenvalue weighted by atomic mass is 35.5. The minimum Gasteiger partial charge on any atom is -0.497 e. The Kier molecular flexibility index (Phi) is 6.86. The van der Waals surface area contributed by atoms with Gasteiger partial charge in [0, 0.05) is 34.8 Å². The fourth-order valence-corrected chi connectivity index (χ4v) is 4.39. The molecule has 0 saturated heterocycles. The average Bonchev–Trinajstić information content (AvgIpc) is 2.85. The SMILES string of the molecule is COc1ccc(F)c(-c2cc(S(C)(=O)=O)ccc2C(=O)Nc2ccc(Cl)c(-c3ccccn3)c2)c1. The van der Waals surface area contributed by atoms with Crippen LogP contribution in [-0.2, 0) is 9.84 Å². The number of nitrogens with zero attached hydrogens (tertiary/aromatic N) is 1. The number of nitrogens with one attached hydrogen (secondary N) is 1. The van der Waals surface area contributed by atoms with Crippen molar-refractivity contribution in [2.24, 2.45) is 0 Å². The van der Waals surface area contributed by atoms with Gasteiger partial charge in [-0.15, -0.1) is 0 Å². The number of methoxy groups -OCH3 is 1. The molecule has 4 rings (SSSR count). The Balaban J connectivity index is 1.78. The highest BCUT2D eigenvalue weighted by Crippen LogP contribution is 2.33. The molecule has 9 heteroatoms. The molecule has 0 fully saturated rings. The molecule has 3 aromatic carbocycles. The predicted molar refractivity (Wildman–Crippen MR) is 134 cm³/mol. The van der Waals surface area contributed by atoms with E-state index in [0.717, 1.165) is 6.26 Å². The van der Waals surface area contributed by atoms with Crippen molar-refractivity contribution in [3.63, 3.8) is 0 Å². The highest BCUT2D eigenvalue weighted by Gasteiger charge is 2.20. The normalized spacial score (nSPS) is 11.2. The maximum atomic E-state index is 14.8. The number of benzene rings is 3. The first kappa shape index (κ1) is 24.4. The number of sulfone groups is 1. The highest BCUT2D eigenvalue weighted by molar-refractivity contribution is 7.90. The van der Waals surface area contributed by atoms with Gasteiger partial charge < -0.3 is 10.1 Å². The van der Waals surface area contributed by atoms with E-state index in [2.05, 4.69) is 10.3 Å². The lowest BCUT2D eigenvalue weighted by Crippen LogP contribution is -2.14. The topological polar surface area (TPSA) is 85.4 Å². The number of carbonyl (C=O) groups excluding carboxylic acids is 1. The van der Waals surface area contributed by atoms with Crippen LogP contribution in [0.3, 0.4) is 0 Å². The van der Waals surface area contributed by atoms with Crippen LogP contribution in [0.2, 0.25) is 5.02 Å². The van der Waals surface area contributed by atoms with Crippen LogP contribution in [0.1, 0.15) is 10.4 Å². The van der Waals surface area contributed by atoms with Gasteiger partial charge in [0.15, 0.2) is 9.84 Å². The van der Waals surface area contributed by atoms with E-state index in [9.17, 15) is 17.6 Å². The van der Waals surface area contributed by atoms with E-state index in [1.54, 1.807) is 36.5 Å². The standard InChI is InChI=1S/C26H20ClFN2O4S/c1-34-17-7-11-24(28)21(14-17)20-15-18(35(2,32)33)8-9-19(20)26(31)30-16-6-10-23(27)22(13-16)25-5-3-4-12-29-25/h3-15H,1-2H3,(H,30,31). The Hall–Kier alpha value is -3.75. The summed E-state index contributed by atoms with van der Waals surface area (Å²) < 4.78 is 44.3. The largest absolute Gasteiger partial charge is 0.497 e. The van der Waals surface area contributed by atoms with Crippen molar-refractivity contribution in [1.82, 2.24) is 4.98 Å². The van der Waals surface area contributed by atoms with Gasteiger partial charge in [0.05, 0.1) is 22.7 Å². The van der Waals surface area contributed by atoms with Crippen molar-refractivity contribution < 1.29 is 22.3 Å². The number of aromatic nitrogens is 1. The molecular weight excluding hydrogens is 491 g/mol. The molecular formula is C26H20ClFN2O4S. The van der Waals surface area contributed by atoms with Gasteiger partial charge in [0.2, 0.25) is 0 Å². The maximum absolute atomic E-state index is 14.8. The third-order valence-electron chi connectivity index (χ3n) is 5.29. The van der Waals surface area contributed by atoms with Crippen molar-refractivity contribution in [2.75, 3.05) is 18.7 Å². The van der Waals surface area contributed by atoms with Gasteiger partial charge in [-0.1, -0.05) is 17.7 Å². The Morgan fingerprint density at radius 2 is 1.77 bits per heavy atom. The van der Waals surface area contributed by atoms with Crippen LogP contribution in [0.5, 0.6) is 5.75 Å². The van der Waals surface area contributed by atoms with E-state index in [1.807, 2.05) is 6.07 Å². The molecule has 1 amide bonds. The maximum Gasteiger partial charge on any atom is 0.256 e. The Labute approximate surface area is 207 Å². The molecule has 0 aliphatic heterocycles. The fraction of sp³-hybridized carbons (Fsp3) is 0.0769.